The summed E-state index contributed by atoms with van der Waals surface area (Å²) in [6.07, 6.45) is -0.422. The Morgan fingerprint density at radius 1 is 1.11 bits per heavy atom. The highest BCUT2D eigenvalue weighted by Gasteiger charge is 2.31. The van der Waals surface area contributed by atoms with Crippen molar-refractivity contribution in [1.29, 1.82) is 0 Å². The third-order valence-electron chi connectivity index (χ3n) is 6.97. The van der Waals surface area contributed by atoms with Crippen LogP contribution in [0.3, 0.4) is 0 Å². The predicted molar refractivity (Wildman–Crippen MR) is 145 cm³/mol. The van der Waals surface area contributed by atoms with Gasteiger partial charge < -0.3 is 25.0 Å². The standard InChI is InChI=1S/C30H34FN3O4/c1-20-16-34(21(2)18-35)29(36)27-14-7-6-13-26(27)25-12-5-4-9-22(25)19-38-28(20)17-33(3)30(37)32-24-11-8-10-23(31)15-24/h4-15,20-21,28,35H,16-19H2,1-3H3,(H,32,37)/t20-,21+,28+/m1/s1. The van der Waals surface area contributed by atoms with E-state index in [4.69, 9.17) is 4.74 Å². The molecule has 1 aliphatic rings. The molecule has 3 aromatic rings. The Balaban J connectivity index is 1.65. The van der Waals surface area contributed by atoms with Crippen LogP contribution >= 0.6 is 0 Å². The van der Waals surface area contributed by atoms with E-state index in [-0.39, 0.29) is 25.0 Å². The number of halogens is 1. The number of ether oxygens (including phenoxy) is 1. The number of nitrogens with one attached hydrogen (secondary N) is 1. The van der Waals surface area contributed by atoms with Crippen molar-refractivity contribution in [2.24, 2.45) is 5.92 Å². The minimum atomic E-state index is -0.437. The first kappa shape index (κ1) is 27.3. The molecule has 4 rings (SSSR count). The van der Waals surface area contributed by atoms with Crippen LogP contribution in [-0.2, 0) is 11.3 Å². The molecule has 0 fully saturated rings. The molecular weight excluding hydrogens is 485 g/mol. The van der Waals surface area contributed by atoms with Crippen LogP contribution in [0.5, 0.6) is 0 Å². The average molecular weight is 520 g/mol. The fourth-order valence-corrected chi connectivity index (χ4v) is 4.69. The van der Waals surface area contributed by atoms with E-state index in [0.717, 1.165) is 16.7 Å². The van der Waals surface area contributed by atoms with Gasteiger partial charge in [-0.05, 0) is 47.9 Å². The minimum Gasteiger partial charge on any atom is -0.394 e. The zero-order valence-corrected chi connectivity index (χ0v) is 21.9. The summed E-state index contributed by atoms with van der Waals surface area (Å²) in [5.74, 6) is -0.773. The number of fused-ring (bicyclic) bond motifs is 3. The van der Waals surface area contributed by atoms with Crippen molar-refractivity contribution >= 4 is 17.6 Å². The second-order valence-corrected chi connectivity index (χ2v) is 9.84. The Bertz CT molecular complexity index is 1280. The van der Waals surface area contributed by atoms with Crippen molar-refractivity contribution in [3.8, 4) is 11.1 Å². The number of rotatable bonds is 5. The molecule has 1 heterocycles. The fourth-order valence-electron chi connectivity index (χ4n) is 4.69. The number of aliphatic hydroxyl groups excluding tert-OH is 1. The van der Waals surface area contributed by atoms with Gasteiger partial charge in [0.1, 0.15) is 5.82 Å². The molecule has 0 aliphatic carbocycles. The van der Waals surface area contributed by atoms with Crippen LogP contribution in [0.25, 0.3) is 11.1 Å². The SMILES string of the molecule is C[C@@H]1CN([C@@H](C)CO)C(=O)c2ccccc2-c2ccccc2CO[C@H]1CN(C)C(=O)Nc1cccc(F)c1. The molecule has 0 saturated carbocycles. The largest absolute Gasteiger partial charge is 0.394 e. The van der Waals surface area contributed by atoms with Crippen molar-refractivity contribution in [3.63, 3.8) is 0 Å². The van der Waals surface area contributed by atoms with E-state index in [2.05, 4.69) is 5.32 Å². The first-order chi connectivity index (χ1) is 18.3. The average Bonchev–Trinajstić information content (AvgIpc) is 2.94. The molecule has 1 aliphatic heterocycles. The molecule has 0 radical (unpaired) electrons. The lowest BCUT2D eigenvalue weighted by atomic mass is 9.94. The number of carbonyl (C=O) groups excluding carboxylic acids is 2. The summed E-state index contributed by atoms with van der Waals surface area (Å²) in [6.45, 7) is 4.47. The zero-order valence-electron chi connectivity index (χ0n) is 21.9. The monoisotopic (exact) mass is 519 g/mol. The number of hydrogen-bond acceptors (Lipinski definition) is 4. The number of nitrogens with zero attached hydrogens (tertiary/aromatic N) is 2. The maximum atomic E-state index is 13.9. The number of anilines is 1. The molecule has 0 spiro atoms. The molecule has 0 bridgehead atoms. The topological polar surface area (TPSA) is 82.1 Å². The van der Waals surface area contributed by atoms with E-state index >= 15 is 0 Å². The second kappa shape index (κ2) is 12.2. The Morgan fingerprint density at radius 3 is 2.50 bits per heavy atom. The quantitative estimate of drug-likeness (QED) is 0.496. The summed E-state index contributed by atoms with van der Waals surface area (Å²) < 4.78 is 20.0. The molecule has 0 unspecified atom stereocenters. The summed E-state index contributed by atoms with van der Waals surface area (Å²) in [7, 11) is 1.65. The van der Waals surface area contributed by atoms with Gasteiger partial charge in [-0.3, -0.25) is 4.79 Å². The van der Waals surface area contributed by atoms with E-state index in [1.54, 1.807) is 18.0 Å². The van der Waals surface area contributed by atoms with Crippen LogP contribution in [0, 0.1) is 11.7 Å². The third kappa shape index (κ3) is 6.20. The predicted octanol–water partition coefficient (Wildman–Crippen LogP) is 5.01. The lowest BCUT2D eigenvalue weighted by Gasteiger charge is -2.35. The summed E-state index contributed by atoms with van der Waals surface area (Å²) >= 11 is 0. The number of hydrogen-bond donors (Lipinski definition) is 2. The number of likely N-dealkylation sites (N-methyl/N-ethyl adjacent to an activating group) is 1. The van der Waals surface area contributed by atoms with Gasteiger partial charge in [-0.25, -0.2) is 9.18 Å². The highest BCUT2D eigenvalue weighted by Crippen LogP contribution is 2.31. The first-order valence-electron chi connectivity index (χ1n) is 12.8. The van der Waals surface area contributed by atoms with Crippen molar-refractivity contribution in [2.45, 2.75) is 32.6 Å². The molecule has 2 N–H and O–H groups in total. The highest BCUT2D eigenvalue weighted by molar-refractivity contribution is 6.01. The van der Waals surface area contributed by atoms with Crippen molar-refractivity contribution < 1.29 is 23.8 Å². The normalized spacial score (nSPS) is 18.6. The smallest absolute Gasteiger partial charge is 0.321 e. The number of aliphatic hydroxyl groups is 1. The van der Waals surface area contributed by atoms with E-state index in [0.29, 0.717) is 24.4 Å². The Morgan fingerprint density at radius 2 is 1.79 bits per heavy atom. The van der Waals surface area contributed by atoms with Crippen LogP contribution in [0.2, 0.25) is 0 Å². The molecule has 0 aromatic heterocycles. The lowest BCUT2D eigenvalue weighted by molar-refractivity contribution is -0.0178. The van der Waals surface area contributed by atoms with Crippen molar-refractivity contribution in [1.82, 2.24) is 9.80 Å². The maximum absolute atomic E-state index is 13.9. The van der Waals surface area contributed by atoms with Crippen LogP contribution in [-0.4, -0.2) is 65.7 Å². The Kier molecular flexibility index (Phi) is 8.76. The van der Waals surface area contributed by atoms with Crippen molar-refractivity contribution in [3.05, 3.63) is 89.7 Å². The van der Waals surface area contributed by atoms with Gasteiger partial charge in [0.05, 0.1) is 25.4 Å². The number of amides is 3. The van der Waals surface area contributed by atoms with E-state index in [1.807, 2.05) is 62.4 Å². The number of benzene rings is 3. The minimum absolute atomic E-state index is 0.165. The molecule has 7 nitrogen and oxygen atoms in total. The van der Waals surface area contributed by atoms with E-state index < -0.39 is 24.0 Å². The Hall–Kier alpha value is -3.75. The first-order valence-corrected chi connectivity index (χ1v) is 12.8. The van der Waals surface area contributed by atoms with Gasteiger partial charge in [-0.15, -0.1) is 0 Å². The van der Waals surface area contributed by atoms with E-state index in [9.17, 15) is 19.1 Å². The highest BCUT2D eigenvalue weighted by atomic mass is 19.1. The molecule has 0 saturated heterocycles. The molecule has 200 valence electrons. The van der Waals surface area contributed by atoms with Gasteiger partial charge in [-0.2, -0.15) is 0 Å². The lowest BCUT2D eigenvalue weighted by Crippen LogP contribution is -2.48. The molecule has 38 heavy (non-hydrogen) atoms. The molecule has 3 aromatic carbocycles. The maximum Gasteiger partial charge on any atom is 0.321 e. The van der Waals surface area contributed by atoms with Gasteiger partial charge in [0.15, 0.2) is 0 Å². The number of urea groups is 1. The van der Waals surface area contributed by atoms with Gasteiger partial charge in [0, 0.05) is 37.3 Å². The summed E-state index contributed by atoms with van der Waals surface area (Å²) in [4.78, 5) is 29.9. The van der Waals surface area contributed by atoms with Gasteiger partial charge >= 0.3 is 6.03 Å². The van der Waals surface area contributed by atoms with Crippen molar-refractivity contribution in [2.75, 3.05) is 32.1 Å². The zero-order chi connectivity index (χ0) is 27.2. The molecule has 8 heteroatoms. The molecule has 3 amide bonds. The molecular formula is C30H34FN3O4. The van der Waals surface area contributed by atoms with Crippen LogP contribution < -0.4 is 5.32 Å². The third-order valence-corrected chi connectivity index (χ3v) is 6.97. The van der Waals surface area contributed by atoms with E-state index in [1.165, 1.54) is 23.1 Å². The van der Waals surface area contributed by atoms with Crippen LogP contribution in [0.1, 0.15) is 29.8 Å². The summed E-state index contributed by atoms with van der Waals surface area (Å²) in [5, 5.41) is 12.7. The Labute approximate surface area is 222 Å². The number of carbonyl (C=O) groups is 2. The van der Waals surface area contributed by atoms with Crippen LogP contribution in [0.4, 0.5) is 14.9 Å². The fraction of sp³-hybridized carbons (Fsp3) is 0.333. The molecule has 3 atom stereocenters. The van der Waals surface area contributed by atoms with Gasteiger partial charge in [-0.1, -0.05) is 55.5 Å². The van der Waals surface area contributed by atoms with Gasteiger partial charge in [0.25, 0.3) is 5.91 Å². The second-order valence-electron chi connectivity index (χ2n) is 9.84. The summed E-state index contributed by atoms with van der Waals surface area (Å²) in [5.41, 5.74) is 3.57. The van der Waals surface area contributed by atoms with Crippen LogP contribution in [0.15, 0.2) is 72.8 Å². The summed E-state index contributed by atoms with van der Waals surface area (Å²) in [6, 6.07) is 20.2. The van der Waals surface area contributed by atoms with Gasteiger partial charge in [0.2, 0.25) is 0 Å².